The van der Waals surface area contributed by atoms with Crippen LogP contribution in [0.2, 0.25) is 0 Å². The second kappa shape index (κ2) is 15.9. The Morgan fingerprint density at radius 2 is 1.00 bits per heavy atom. The molecular formula is C39H42O7. The SMILES string of the molecule is CCC(C)C(=O)Oc1ccc(C(C)c2ccc(OC(C)C(CC)C(=O)Oc3ccc(C(=O)c4ccc(OC)cc4)cc3)cc2)cc1. The molecule has 0 saturated carbocycles. The Bertz CT molecular complexity index is 1590. The Hall–Kier alpha value is -4.91. The highest BCUT2D eigenvalue weighted by molar-refractivity contribution is 6.09. The molecule has 0 radical (unpaired) electrons. The zero-order chi connectivity index (χ0) is 33.2. The molecule has 0 amide bonds. The van der Waals surface area contributed by atoms with Gasteiger partial charge in [0.15, 0.2) is 5.78 Å². The third kappa shape index (κ3) is 8.62. The molecule has 0 bridgehead atoms. The lowest BCUT2D eigenvalue weighted by molar-refractivity contribution is -0.142. The van der Waals surface area contributed by atoms with Crippen LogP contribution in [-0.4, -0.2) is 30.9 Å². The van der Waals surface area contributed by atoms with E-state index in [-0.39, 0.29) is 23.6 Å². The molecule has 7 heteroatoms. The van der Waals surface area contributed by atoms with E-state index in [9.17, 15) is 14.4 Å². The number of hydrogen-bond acceptors (Lipinski definition) is 7. The van der Waals surface area contributed by atoms with Crippen molar-refractivity contribution in [2.45, 2.75) is 59.5 Å². The van der Waals surface area contributed by atoms with Crippen molar-refractivity contribution >= 4 is 17.7 Å². The van der Waals surface area contributed by atoms with E-state index < -0.39 is 18.0 Å². The largest absolute Gasteiger partial charge is 0.497 e. The van der Waals surface area contributed by atoms with Gasteiger partial charge in [-0.1, -0.05) is 52.0 Å². The lowest BCUT2D eigenvalue weighted by Gasteiger charge is -2.23. The molecule has 0 heterocycles. The summed E-state index contributed by atoms with van der Waals surface area (Å²) < 4.78 is 22.5. The molecule has 0 aliphatic heterocycles. The Morgan fingerprint density at radius 1 is 0.565 bits per heavy atom. The highest BCUT2D eigenvalue weighted by Gasteiger charge is 2.27. The van der Waals surface area contributed by atoms with Gasteiger partial charge in [-0.25, -0.2) is 0 Å². The number of carbonyl (C=O) groups is 3. The minimum Gasteiger partial charge on any atom is -0.497 e. The van der Waals surface area contributed by atoms with E-state index in [4.69, 9.17) is 18.9 Å². The van der Waals surface area contributed by atoms with Crippen molar-refractivity contribution in [2.24, 2.45) is 11.8 Å². The summed E-state index contributed by atoms with van der Waals surface area (Å²) in [6.45, 7) is 9.71. The standard InChI is InChI=1S/C39H42O7/c1-7-25(3)38(41)45-34-21-11-29(12-22-34)26(4)28-9-19-33(20-10-28)44-27(5)36(8-2)39(42)46-35-23-15-31(16-24-35)37(40)30-13-17-32(43-6)18-14-30/h9-27,36H,7-8H2,1-6H3. The second-order valence-corrected chi connectivity index (χ2v) is 11.4. The topological polar surface area (TPSA) is 88.1 Å². The van der Waals surface area contributed by atoms with Crippen molar-refractivity contribution in [3.05, 3.63) is 119 Å². The van der Waals surface area contributed by atoms with Crippen LogP contribution in [0.4, 0.5) is 0 Å². The van der Waals surface area contributed by atoms with Crippen LogP contribution in [0, 0.1) is 11.8 Å². The third-order valence-corrected chi connectivity index (χ3v) is 8.31. The first-order valence-electron chi connectivity index (χ1n) is 15.7. The molecule has 0 spiro atoms. The van der Waals surface area contributed by atoms with Gasteiger partial charge in [0.2, 0.25) is 0 Å². The maximum atomic E-state index is 13.1. The number of rotatable bonds is 14. The van der Waals surface area contributed by atoms with E-state index >= 15 is 0 Å². The van der Waals surface area contributed by atoms with Gasteiger partial charge >= 0.3 is 11.9 Å². The van der Waals surface area contributed by atoms with E-state index in [1.54, 1.807) is 55.6 Å². The summed E-state index contributed by atoms with van der Waals surface area (Å²) in [5, 5.41) is 0. The van der Waals surface area contributed by atoms with Crippen LogP contribution in [0.15, 0.2) is 97.1 Å². The first-order chi connectivity index (χ1) is 22.1. The summed E-state index contributed by atoms with van der Waals surface area (Å²) in [7, 11) is 1.57. The minimum atomic E-state index is -0.493. The molecule has 46 heavy (non-hydrogen) atoms. The normalized spacial score (nSPS) is 13.5. The van der Waals surface area contributed by atoms with Crippen molar-refractivity contribution < 1.29 is 33.3 Å². The Morgan fingerprint density at radius 3 is 1.46 bits per heavy atom. The number of ether oxygens (including phenoxy) is 4. The molecule has 4 unspecified atom stereocenters. The molecule has 0 fully saturated rings. The Labute approximate surface area is 271 Å². The molecule has 4 atom stereocenters. The molecule has 0 aromatic heterocycles. The Kier molecular flexibility index (Phi) is 11.7. The van der Waals surface area contributed by atoms with E-state index in [0.717, 1.165) is 17.5 Å². The second-order valence-electron chi connectivity index (χ2n) is 11.4. The number of benzene rings is 4. The highest BCUT2D eigenvalue weighted by atomic mass is 16.5. The fourth-order valence-corrected chi connectivity index (χ4v) is 5.00. The monoisotopic (exact) mass is 622 g/mol. The van der Waals surface area contributed by atoms with E-state index in [2.05, 4.69) is 6.92 Å². The summed E-state index contributed by atoms with van der Waals surface area (Å²) >= 11 is 0. The highest BCUT2D eigenvalue weighted by Crippen LogP contribution is 2.29. The van der Waals surface area contributed by atoms with E-state index in [1.807, 2.05) is 76.2 Å². The molecule has 7 nitrogen and oxygen atoms in total. The molecule has 0 aliphatic carbocycles. The molecule has 0 saturated heterocycles. The van der Waals surface area contributed by atoms with Gasteiger partial charge in [0, 0.05) is 17.0 Å². The van der Waals surface area contributed by atoms with Gasteiger partial charge in [0.05, 0.1) is 18.9 Å². The van der Waals surface area contributed by atoms with E-state index in [1.165, 1.54) is 0 Å². The zero-order valence-electron chi connectivity index (χ0n) is 27.3. The summed E-state index contributed by atoms with van der Waals surface area (Å²) in [5.74, 6) is 0.970. The van der Waals surface area contributed by atoms with Crippen LogP contribution in [0.5, 0.6) is 23.0 Å². The first-order valence-corrected chi connectivity index (χ1v) is 15.7. The molecule has 0 aliphatic rings. The molecule has 4 aromatic rings. The van der Waals surface area contributed by atoms with Crippen LogP contribution >= 0.6 is 0 Å². The molecular weight excluding hydrogens is 580 g/mol. The van der Waals surface area contributed by atoms with Crippen molar-refractivity contribution in [3.8, 4) is 23.0 Å². The summed E-state index contributed by atoms with van der Waals surface area (Å²) in [5.41, 5.74) is 3.23. The predicted molar refractivity (Wildman–Crippen MR) is 178 cm³/mol. The number of hydrogen-bond donors (Lipinski definition) is 0. The van der Waals surface area contributed by atoms with Gasteiger partial charge < -0.3 is 18.9 Å². The molecule has 4 aromatic carbocycles. The predicted octanol–water partition coefficient (Wildman–Crippen LogP) is 8.43. The minimum absolute atomic E-state index is 0.113. The third-order valence-electron chi connectivity index (χ3n) is 8.31. The number of carbonyl (C=O) groups excluding carboxylic acids is 3. The molecule has 4 rings (SSSR count). The summed E-state index contributed by atoms with van der Waals surface area (Å²) in [4.78, 5) is 38.0. The number of ketones is 1. The average Bonchev–Trinajstić information content (AvgIpc) is 3.08. The van der Waals surface area contributed by atoms with Gasteiger partial charge in [-0.2, -0.15) is 0 Å². The lowest BCUT2D eigenvalue weighted by atomic mass is 9.93. The van der Waals surface area contributed by atoms with Gasteiger partial charge in [-0.05, 0) is 104 Å². The van der Waals surface area contributed by atoms with Crippen LogP contribution in [0.1, 0.15) is 80.4 Å². The Balaban J connectivity index is 1.32. The maximum absolute atomic E-state index is 13.1. The summed E-state index contributed by atoms with van der Waals surface area (Å²) in [6, 6.07) is 28.9. The summed E-state index contributed by atoms with van der Waals surface area (Å²) in [6.07, 6.45) is 0.843. The zero-order valence-corrected chi connectivity index (χ0v) is 27.3. The lowest BCUT2D eigenvalue weighted by Crippen LogP contribution is -2.33. The molecule has 0 N–H and O–H groups in total. The van der Waals surface area contributed by atoms with Gasteiger partial charge in [0.25, 0.3) is 0 Å². The fourth-order valence-electron chi connectivity index (χ4n) is 5.00. The van der Waals surface area contributed by atoms with Crippen molar-refractivity contribution in [1.82, 2.24) is 0 Å². The van der Waals surface area contributed by atoms with Crippen molar-refractivity contribution in [1.29, 1.82) is 0 Å². The van der Waals surface area contributed by atoms with E-state index in [0.29, 0.717) is 40.5 Å². The van der Waals surface area contributed by atoms with Gasteiger partial charge in [-0.15, -0.1) is 0 Å². The van der Waals surface area contributed by atoms with Crippen LogP contribution in [0.25, 0.3) is 0 Å². The van der Waals surface area contributed by atoms with Crippen molar-refractivity contribution in [2.75, 3.05) is 7.11 Å². The molecule has 240 valence electrons. The van der Waals surface area contributed by atoms with Crippen molar-refractivity contribution in [3.63, 3.8) is 0 Å². The van der Waals surface area contributed by atoms with Crippen LogP contribution < -0.4 is 18.9 Å². The smallest absolute Gasteiger partial charge is 0.318 e. The maximum Gasteiger partial charge on any atom is 0.318 e. The van der Waals surface area contributed by atoms with Gasteiger partial charge in [0.1, 0.15) is 29.1 Å². The van der Waals surface area contributed by atoms with Crippen LogP contribution in [0.3, 0.4) is 0 Å². The average molecular weight is 623 g/mol. The number of esters is 2. The fraction of sp³-hybridized carbons (Fsp3) is 0.308. The first kappa shape index (κ1) is 34.0. The number of methoxy groups -OCH3 is 1. The quantitative estimate of drug-likeness (QED) is 0.0792. The van der Waals surface area contributed by atoms with Crippen LogP contribution in [-0.2, 0) is 9.59 Å². The van der Waals surface area contributed by atoms with Gasteiger partial charge in [-0.3, -0.25) is 14.4 Å².